The Labute approximate surface area is 88.3 Å². The number of carbonyl (C=O) groups excluding carboxylic acids is 1. The van der Waals surface area contributed by atoms with Crippen molar-refractivity contribution in [1.29, 1.82) is 0 Å². The highest BCUT2D eigenvalue weighted by atomic mass is 16.5. The van der Waals surface area contributed by atoms with Crippen LogP contribution in [-0.4, -0.2) is 41.6 Å². The summed E-state index contributed by atoms with van der Waals surface area (Å²) in [6.07, 6.45) is 2.17. The first-order valence-corrected chi connectivity index (χ1v) is 4.88. The zero-order chi connectivity index (χ0) is 11.3. The number of nitrogens with zero attached hydrogens (tertiary/aromatic N) is 1. The molecule has 0 aromatic heterocycles. The maximum Gasteiger partial charge on any atom is 0.308 e. The van der Waals surface area contributed by atoms with Gasteiger partial charge in [0.05, 0.1) is 18.8 Å². The predicted octanol–water partition coefficient (Wildman–Crippen LogP) is 0.470. The van der Waals surface area contributed by atoms with E-state index in [0.29, 0.717) is 26.1 Å². The van der Waals surface area contributed by atoms with Gasteiger partial charge in [-0.05, 0) is 6.42 Å². The first kappa shape index (κ1) is 11.6. The Bertz CT molecular complexity index is 264. The number of carboxylic acid groups (broad SMARTS) is 1. The van der Waals surface area contributed by atoms with E-state index in [2.05, 4.69) is 6.58 Å². The summed E-state index contributed by atoms with van der Waals surface area (Å²) in [6, 6.07) is 0. The fourth-order valence-corrected chi connectivity index (χ4v) is 1.58. The van der Waals surface area contributed by atoms with E-state index in [1.165, 1.54) is 6.26 Å². The first-order chi connectivity index (χ1) is 7.15. The van der Waals surface area contributed by atoms with Gasteiger partial charge in [0.1, 0.15) is 0 Å². The van der Waals surface area contributed by atoms with Gasteiger partial charge in [-0.3, -0.25) is 9.59 Å². The molecule has 1 unspecified atom stereocenters. The summed E-state index contributed by atoms with van der Waals surface area (Å²) in [5, 5.41) is 8.74. The Hall–Kier alpha value is -1.52. The summed E-state index contributed by atoms with van der Waals surface area (Å²) in [5.74, 6) is -1.52. The molecule has 5 nitrogen and oxygen atoms in total. The van der Waals surface area contributed by atoms with Gasteiger partial charge < -0.3 is 14.7 Å². The van der Waals surface area contributed by atoms with Crippen molar-refractivity contribution < 1.29 is 19.4 Å². The molecule has 1 amide bonds. The van der Waals surface area contributed by atoms with Gasteiger partial charge >= 0.3 is 5.97 Å². The lowest BCUT2D eigenvalue weighted by Crippen LogP contribution is -2.27. The van der Waals surface area contributed by atoms with Crippen LogP contribution in [0.1, 0.15) is 12.8 Å². The maximum absolute atomic E-state index is 11.4. The lowest BCUT2D eigenvalue weighted by molar-refractivity contribution is -0.141. The summed E-state index contributed by atoms with van der Waals surface area (Å²) < 4.78 is 4.91. The van der Waals surface area contributed by atoms with Gasteiger partial charge in [0.25, 0.3) is 0 Å². The highest BCUT2D eigenvalue weighted by Gasteiger charge is 2.33. The standard InChI is InChI=1S/C10H15NO4/c1-2-15-5-3-4-11-7-8(10(13)14)6-9(11)12/h2,8H,1,3-7H2,(H,13,14). The molecule has 0 aromatic carbocycles. The number of ether oxygens (including phenoxy) is 1. The van der Waals surface area contributed by atoms with E-state index in [9.17, 15) is 9.59 Å². The molecule has 0 aromatic rings. The minimum atomic E-state index is -0.895. The number of hydrogen-bond donors (Lipinski definition) is 1. The first-order valence-electron chi connectivity index (χ1n) is 4.88. The van der Waals surface area contributed by atoms with Gasteiger partial charge in [-0.2, -0.15) is 0 Å². The normalized spacial score (nSPS) is 20.4. The summed E-state index contributed by atoms with van der Waals surface area (Å²) in [5.41, 5.74) is 0. The molecule has 1 fully saturated rings. The molecule has 1 aliphatic rings. The van der Waals surface area contributed by atoms with Gasteiger partial charge in [0.2, 0.25) is 5.91 Å². The van der Waals surface area contributed by atoms with Crippen molar-refractivity contribution in [3.8, 4) is 0 Å². The second-order valence-corrected chi connectivity index (χ2v) is 3.47. The topological polar surface area (TPSA) is 66.8 Å². The van der Waals surface area contributed by atoms with Gasteiger partial charge in [0.15, 0.2) is 0 Å². The van der Waals surface area contributed by atoms with Crippen LogP contribution in [0.5, 0.6) is 0 Å². The fourth-order valence-electron chi connectivity index (χ4n) is 1.58. The molecular weight excluding hydrogens is 198 g/mol. The van der Waals surface area contributed by atoms with Crippen molar-refractivity contribution >= 4 is 11.9 Å². The van der Waals surface area contributed by atoms with Crippen LogP contribution in [-0.2, 0) is 14.3 Å². The lowest BCUT2D eigenvalue weighted by Gasteiger charge is -2.15. The van der Waals surface area contributed by atoms with E-state index < -0.39 is 11.9 Å². The van der Waals surface area contributed by atoms with E-state index in [1.54, 1.807) is 4.90 Å². The summed E-state index contributed by atoms with van der Waals surface area (Å²) >= 11 is 0. The summed E-state index contributed by atoms with van der Waals surface area (Å²) in [4.78, 5) is 23.6. The third kappa shape index (κ3) is 3.27. The zero-order valence-electron chi connectivity index (χ0n) is 8.52. The molecular formula is C10H15NO4. The van der Waals surface area contributed by atoms with E-state index in [-0.39, 0.29) is 12.3 Å². The average molecular weight is 213 g/mol. The molecule has 0 bridgehead atoms. The highest BCUT2D eigenvalue weighted by Crippen LogP contribution is 2.17. The second-order valence-electron chi connectivity index (χ2n) is 3.47. The summed E-state index contributed by atoms with van der Waals surface area (Å²) in [6.45, 7) is 4.78. The van der Waals surface area contributed by atoms with E-state index in [0.717, 1.165) is 0 Å². The van der Waals surface area contributed by atoms with Gasteiger partial charge in [0, 0.05) is 19.5 Å². The predicted molar refractivity (Wildman–Crippen MR) is 53.1 cm³/mol. The van der Waals surface area contributed by atoms with Crippen LogP contribution in [0.3, 0.4) is 0 Å². The van der Waals surface area contributed by atoms with Gasteiger partial charge in [-0.1, -0.05) is 6.58 Å². The van der Waals surface area contributed by atoms with E-state index >= 15 is 0 Å². The van der Waals surface area contributed by atoms with Crippen LogP contribution in [0.25, 0.3) is 0 Å². The SMILES string of the molecule is C=COCCCN1CC(C(=O)O)CC1=O. The van der Waals surface area contributed by atoms with Gasteiger partial charge in [-0.15, -0.1) is 0 Å². The minimum Gasteiger partial charge on any atom is -0.502 e. The largest absolute Gasteiger partial charge is 0.502 e. The molecule has 1 aliphatic heterocycles. The van der Waals surface area contributed by atoms with Crippen molar-refractivity contribution in [1.82, 2.24) is 4.90 Å². The smallest absolute Gasteiger partial charge is 0.308 e. The molecule has 0 radical (unpaired) electrons. The summed E-state index contributed by atoms with van der Waals surface area (Å²) in [7, 11) is 0. The molecule has 1 rings (SSSR count). The molecule has 0 saturated carbocycles. The third-order valence-electron chi connectivity index (χ3n) is 2.37. The molecule has 1 atom stereocenters. The number of likely N-dealkylation sites (tertiary alicyclic amines) is 1. The Kier molecular flexibility index (Phi) is 4.15. The maximum atomic E-state index is 11.4. The lowest BCUT2D eigenvalue weighted by atomic mass is 10.1. The number of rotatable bonds is 6. The van der Waals surface area contributed by atoms with Crippen LogP contribution in [0.2, 0.25) is 0 Å². The highest BCUT2D eigenvalue weighted by molar-refractivity contribution is 5.86. The van der Waals surface area contributed by atoms with Crippen LogP contribution in [0.4, 0.5) is 0 Å². The number of aliphatic carboxylic acids is 1. The monoisotopic (exact) mass is 213 g/mol. The number of amides is 1. The zero-order valence-corrected chi connectivity index (χ0v) is 8.52. The molecule has 0 spiro atoms. The van der Waals surface area contributed by atoms with Crippen molar-refractivity contribution in [2.75, 3.05) is 19.7 Å². The van der Waals surface area contributed by atoms with Crippen molar-refractivity contribution in [2.24, 2.45) is 5.92 Å². The molecule has 0 aliphatic carbocycles. The van der Waals surface area contributed by atoms with Crippen LogP contribution < -0.4 is 0 Å². The van der Waals surface area contributed by atoms with Crippen LogP contribution >= 0.6 is 0 Å². The van der Waals surface area contributed by atoms with Crippen molar-refractivity contribution in [3.05, 3.63) is 12.8 Å². The minimum absolute atomic E-state index is 0.0824. The van der Waals surface area contributed by atoms with Gasteiger partial charge in [-0.25, -0.2) is 0 Å². The molecule has 15 heavy (non-hydrogen) atoms. The molecule has 1 N–H and O–H groups in total. The number of hydrogen-bond acceptors (Lipinski definition) is 3. The Balaban J connectivity index is 2.28. The Morgan fingerprint density at radius 3 is 3.00 bits per heavy atom. The van der Waals surface area contributed by atoms with Crippen LogP contribution in [0, 0.1) is 5.92 Å². The number of carboxylic acids is 1. The Morgan fingerprint density at radius 2 is 2.47 bits per heavy atom. The van der Waals surface area contributed by atoms with Crippen LogP contribution in [0.15, 0.2) is 12.8 Å². The Morgan fingerprint density at radius 1 is 1.73 bits per heavy atom. The second kappa shape index (κ2) is 5.38. The quantitative estimate of drug-likeness (QED) is 0.514. The molecule has 84 valence electrons. The van der Waals surface area contributed by atoms with Crippen molar-refractivity contribution in [2.45, 2.75) is 12.8 Å². The van der Waals surface area contributed by atoms with E-state index in [4.69, 9.17) is 9.84 Å². The number of carbonyl (C=O) groups is 2. The van der Waals surface area contributed by atoms with E-state index in [1.807, 2.05) is 0 Å². The molecule has 1 saturated heterocycles. The third-order valence-corrected chi connectivity index (χ3v) is 2.37. The fraction of sp³-hybridized carbons (Fsp3) is 0.600. The molecule has 5 heteroatoms. The van der Waals surface area contributed by atoms with Crippen molar-refractivity contribution in [3.63, 3.8) is 0 Å². The average Bonchev–Trinajstić information content (AvgIpc) is 2.55. The molecule has 1 heterocycles.